The van der Waals surface area contributed by atoms with Crippen LogP contribution in [0.1, 0.15) is 43.8 Å². The number of ether oxygens (including phenoxy) is 1. The fraction of sp³-hybridized carbons (Fsp3) is 0.500. The summed E-state index contributed by atoms with van der Waals surface area (Å²) in [7, 11) is 1.66. The Bertz CT molecular complexity index is 866. The first-order chi connectivity index (χ1) is 14.2. The van der Waals surface area contributed by atoms with E-state index >= 15 is 0 Å². The van der Waals surface area contributed by atoms with Crippen molar-refractivity contribution < 1.29 is 9.53 Å². The number of amides is 1. The van der Waals surface area contributed by atoms with Gasteiger partial charge < -0.3 is 15.4 Å². The Hall–Kier alpha value is -2.67. The molecular weight excluding hydrogens is 366 g/mol. The van der Waals surface area contributed by atoms with Gasteiger partial charge in [0.15, 0.2) is 0 Å². The number of nitrogens with zero attached hydrogens (tertiary/aromatic N) is 4. The molecule has 0 bridgehead atoms. The molecule has 0 radical (unpaired) electrons. The third-order valence-electron chi connectivity index (χ3n) is 5.94. The molecule has 2 aromatic rings. The second-order valence-corrected chi connectivity index (χ2v) is 7.83. The Labute approximate surface area is 171 Å². The van der Waals surface area contributed by atoms with Gasteiger partial charge in [0.05, 0.1) is 25.4 Å². The fourth-order valence-electron chi connectivity index (χ4n) is 4.41. The number of piperidine rings is 1. The van der Waals surface area contributed by atoms with E-state index < -0.39 is 0 Å². The molecule has 29 heavy (non-hydrogen) atoms. The summed E-state index contributed by atoms with van der Waals surface area (Å²) in [4.78, 5) is 26.0. The van der Waals surface area contributed by atoms with E-state index in [2.05, 4.69) is 14.9 Å². The normalized spacial score (nSPS) is 20.0. The van der Waals surface area contributed by atoms with E-state index in [1.807, 2.05) is 29.2 Å². The van der Waals surface area contributed by atoms with Crippen molar-refractivity contribution in [3.05, 3.63) is 36.2 Å². The Kier molecular flexibility index (Phi) is 5.94. The standard InChI is InChI=1S/C22H29N5O2/c1-29-17-8-6-7-16(13-17)18-14-24-22(23)25-21(18)19-9-2-3-12-27(19)15-20(28)26-10-4-5-11-26/h6-8,13-14,19H,2-5,9-12,15H2,1H3,(H2,23,24,25)/t19-/m1/s1. The fourth-order valence-corrected chi connectivity index (χ4v) is 4.41. The lowest BCUT2D eigenvalue weighted by Crippen LogP contribution is -2.43. The van der Waals surface area contributed by atoms with Gasteiger partial charge in [-0.25, -0.2) is 9.97 Å². The van der Waals surface area contributed by atoms with Crippen LogP contribution in [-0.2, 0) is 4.79 Å². The monoisotopic (exact) mass is 395 g/mol. The number of carbonyl (C=O) groups is 1. The van der Waals surface area contributed by atoms with Gasteiger partial charge in [-0.2, -0.15) is 0 Å². The van der Waals surface area contributed by atoms with Crippen LogP contribution >= 0.6 is 0 Å². The van der Waals surface area contributed by atoms with Crippen molar-refractivity contribution >= 4 is 11.9 Å². The van der Waals surface area contributed by atoms with Gasteiger partial charge in [-0.05, 0) is 49.9 Å². The summed E-state index contributed by atoms with van der Waals surface area (Å²) in [5.74, 6) is 1.28. The molecule has 0 aliphatic carbocycles. The number of rotatable bonds is 5. The summed E-state index contributed by atoms with van der Waals surface area (Å²) in [5.41, 5.74) is 8.82. The molecule has 154 valence electrons. The van der Waals surface area contributed by atoms with Gasteiger partial charge in [0, 0.05) is 24.8 Å². The van der Waals surface area contributed by atoms with Gasteiger partial charge in [-0.3, -0.25) is 9.69 Å². The smallest absolute Gasteiger partial charge is 0.236 e. The second kappa shape index (κ2) is 8.78. The zero-order valence-electron chi connectivity index (χ0n) is 17.0. The van der Waals surface area contributed by atoms with E-state index in [9.17, 15) is 4.79 Å². The zero-order chi connectivity index (χ0) is 20.2. The lowest BCUT2D eigenvalue weighted by molar-refractivity contribution is -0.132. The number of nitrogen functional groups attached to an aromatic ring is 1. The molecule has 7 nitrogen and oxygen atoms in total. The molecule has 2 aliphatic rings. The maximum atomic E-state index is 12.8. The van der Waals surface area contributed by atoms with E-state index in [0.29, 0.717) is 6.54 Å². The quantitative estimate of drug-likeness (QED) is 0.838. The maximum absolute atomic E-state index is 12.8. The van der Waals surface area contributed by atoms with E-state index in [1.165, 1.54) is 0 Å². The van der Waals surface area contributed by atoms with Gasteiger partial charge in [0.2, 0.25) is 11.9 Å². The van der Waals surface area contributed by atoms with Crippen LogP contribution in [0.15, 0.2) is 30.5 Å². The molecule has 7 heteroatoms. The molecule has 2 aliphatic heterocycles. The minimum absolute atomic E-state index is 0.0572. The largest absolute Gasteiger partial charge is 0.497 e. The van der Waals surface area contributed by atoms with Crippen LogP contribution in [-0.4, -0.2) is 59.0 Å². The first-order valence-electron chi connectivity index (χ1n) is 10.4. The second-order valence-electron chi connectivity index (χ2n) is 7.83. The third kappa shape index (κ3) is 4.34. The Balaban J connectivity index is 1.65. The Morgan fingerprint density at radius 1 is 1.21 bits per heavy atom. The van der Waals surface area contributed by atoms with Crippen molar-refractivity contribution in [2.45, 2.75) is 38.1 Å². The number of benzene rings is 1. The first kappa shape index (κ1) is 19.6. The molecule has 4 rings (SSSR count). The molecular formula is C22H29N5O2. The van der Waals surface area contributed by atoms with Gasteiger partial charge in [0.25, 0.3) is 0 Å². The summed E-state index contributed by atoms with van der Waals surface area (Å²) >= 11 is 0. The molecule has 1 aromatic carbocycles. The molecule has 2 N–H and O–H groups in total. The van der Waals surface area contributed by atoms with Crippen molar-refractivity contribution in [2.24, 2.45) is 0 Å². The molecule has 0 spiro atoms. The van der Waals surface area contributed by atoms with Crippen molar-refractivity contribution in [3.63, 3.8) is 0 Å². The van der Waals surface area contributed by atoms with Crippen LogP contribution in [0, 0.1) is 0 Å². The lowest BCUT2D eigenvalue weighted by Gasteiger charge is -2.36. The average Bonchev–Trinajstić information content (AvgIpc) is 3.29. The summed E-state index contributed by atoms with van der Waals surface area (Å²) in [6.07, 6.45) is 7.18. The predicted octanol–water partition coefficient (Wildman–Crippen LogP) is 2.88. The number of nitrogens with two attached hydrogens (primary N) is 1. The highest BCUT2D eigenvalue weighted by molar-refractivity contribution is 5.78. The highest BCUT2D eigenvalue weighted by Crippen LogP contribution is 2.36. The van der Waals surface area contributed by atoms with Crippen LogP contribution in [0.25, 0.3) is 11.1 Å². The molecule has 2 saturated heterocycles. The van der Waals surface area contributed by atoms with Crippen LogP contribution < -0.4 is 10.5 Å². The van der Waals surface area contributed by atoms with Crippen LogP contribution in [0.3, 0.4) is 0 Å². The number of carbonyl (C=O) groups excluding carboxylic acids is 1. The SMILES string of the molecule is COc1cccc(-c2cnc(N)nc2[C@H]2CCCCN2CC(=O)N2CCCC2)c1. The number of hydrogen-bond donors (Lipinski definition) is 1. The maximum Gasteiger partial charge on any atom is 0.236 e. The zero-order valence-corrected chi connectivity index (χ0v) is 17.0. The Morgan fingerprint density at radius 2 is 2.00 bits per heavy atom. The number of anilines is 1. The Morgan fingerprint density at radius 3 is 2.79 bits per heavy atom. The van der Waals surface area contributed by atoms with Crippen molar-refractivity contribution in [3.8, 4) is 16.9 Å². The van der Waals surface area contributed by atoms with Crippen molar-refractivity contribution in [1.29, 1.82) is 0 Å². The van der Waals surface area contributed by atoms with E-state index in [0.717, 1.165) is 74.3 Å². The number of aromatic nitrogens is 2. The van der Waals surface area contributed by atoms with Gasteiger partial charge >= 0.3 is 0 Å². The summed E-state index contributed by atoms with van der Waals surface area (Å²) in [6, 6.07) is 7.96. The van der Waals surface area contributed by atoms with Crippen molar-refractivity contribution in [2.75, 3.05) is 39.0 Å². The van der Waals surface area contributed by atoms with Gasteiger partial charge in [-0.15, -0.1) is 0 Å². The van der Waals surface area contributed by atoms with Crippen LogP contribution in [0.4, 0.5) is 5.95 Å². The molecule has 1 atom stereocenters. The van der Waals surface area contributed by atoms with E-state index in [1.54, 1.807) is 13.3 Å². The van der Waals surface area contributed by atoms with E-state index in [4.69, 9.17) is 10.5 Å². The molecule has 1 aromatic heterocycles. The minimum atomic E-state index is 0.0572. The predicted molar refractivity (Wildman–Crippen MR) is 112 cm³/mol. The lowest BCUT2D eigenvalue weighted by atomic mass is 9.93. The number of likely N-dealkylation sites (tertiary alicyclic amines) is 2. The first-order valence-corrected chi connectivity index (χ1v) is 10.4. The average molecular weight is 396 g/mol. The number of hydrogen-bond acceptors (Lipinski definition) is 6. The number of methoxy groups -OCH3 is 1. The highest BCUT2D eigenvalue weighted by Gasteiger charge is 2.31. The molecule has 3 heterocycles. The third-order valence-corrected chi connectivity index (χ3v) is 5.94. The van der Waals surface area contributed by atoms with Crippen LogP contribution in [0.5, 0.6) is 5.75 Å². The summed E-state index contributed by atoms with van der Waals surface area (Å²) in [6.45, 7) is 3.09. The summed E-state index contributed by atoms with van der Waals surface area (Å²) in [5, 5.41) is 0. The van der Waals surface area contributed by atoms with Gasteiger partial charge in [-0.1, -0.05) is 18.6 Å². The van der Waals surface area contributed by atoms with Crippen LogP contribution in [0.2, 0.25) is 0 Å². The molecule has 2 fully saturated rings. The minimum Gasteiger partial charge on any atom is -0.497 e. The van der Waals surface area contributed by atoms with E-state index in [-0.39, 0.29) is 17.9 Å². The topological polar surface area (TPSA) is 84.6 Å². The highest BCUT2D eigenvalue weighted by atomic mass is 16.5. The molecule has 0 unspecified atom stereocenters. The van der Waals surface area contributed by atoms with Crippen molar-refractivity contribution in [1.82, 2.24) is 19.8 Å². The molecule has 1 amide bonds. The molecule has 0 saturated carbocycles. The summed E-state index contributed by atoms with van der Waals surface area (Å²) < 4.78 is 5.39. The van der Waals surface area contributed by atoms with Gasteiger partial charge in [0.1, 0.15) is 5.75 Å².